The number of urea groups is 1. The number of rotatable bonds is 5. The Morgan fingerprint density at radius 2 is 1.70 bits per heavy atom. The summed E-state index contributed by atoms with van der Waals surface area (Å²) >= 11 is 0. The highest BCUT2D eigenvalue weighted by Crippen LogP contribution is 2.46. The van der Waals surface area contributed by atoms with Gasteiger partial charge in [0.25, 0.3) is 0 Å². The topological polar surface area (TPSA) is 75.3 Å². The van der Waals surface area contributed by atoms with E-state index < -0.39 is 9.84 Å². The number of hydrogen-bond donors (Lipinski definition) is 2. The van der Waals surface area contributed by atoms with Crippen LogP contribution >= 0.6 is 0 Å². The Morgan fingerprint density at radius 3 is 2.39 bits per heavy atom. The smallest absolute Gasteiger partial charge is 0.314 e. The molecule has 6 heteroatoms. The average molecular weight is 336 g/mol. The predicted octanol–water partition coefficient (Wildman–Crippen LogP) is 1.91. The molecule has 1 aromatic rings. The van der Waals surface area contributed by atoms with Crippen molar-refractivity contribution >= 4 is 15.9 Å². The van der Waals surface area contributed by atoms with Gasteiger partial charge in [0.1, 0.15) is 9.84 Å². The van der Waals surface area contributed by atoms with Crippen molar-refractivity contribution in [3.8, 4) is 0 Å². The molecule has 1 aromatic carbocycles. The van der Waals surface area contributed by atoms with Crippen LogP contribution in [0, 0.1) is 11.8 Å². The molecule has 2 amide bonds. The molecule has 2 atom stereocenters. The summed E-state index contributed by atoms with van der Waals surface area (Å²) in [6, 6.07) is 10.3. The summed E-state index contributed by atoms with van der Waals surface area (Å²) < 4.78 is 22.7. The lowest BCUT2D eigenvalue weighted by Gasteiger charge is -2.22. The maximum atomic E-state index is 11.8. The summed E-state index contributed by atoms with van der Waals surface area (Å²) in [7, 11) is -2.83. The average Bonchev–Trinajstić information content (AvgIpc) is 3.32. The molecule has 2 fully saturated rings. The lowest BCUT2D eigenvalue weighted by molar-refractivity contribution is 0.238. The summed E-state index contributed by atoms with van der Waals surface area (Å²) in [6.07, 6.45) is 2.44. The fraction of sp³-hybridized carbons (Fsp3) is 0.588. The molecule has 1 saturated carbocycles. The number of nitrogens with one attached hydrogen (secondary N) is 2. The SMILES string of the molecule is O=C(NCC1CCS(=O)(=O)CC1)NC[C@@H]1C[C@H]1c1ccccc1. The highest BCUT2D eigenvalue weighted by Gasteiger charge is 2.38. The number of benzene rings is 1. The summed E-state index contributed by atoms with van der Waals surface area (Å²) in [6.45, 7) is 1.26. The van der Waals surface area contributed by atoms with Gasteiger partial charge >= 0.3 is 6.03 Å². The van der Waals surface area contributed by atoms with Crippen molar-refractivity contribution < 1.29 is 13.2 Å². The quantitative estimate of drug-likeness (QED) is 0.862. The molecule has 0 aromatic heterocycles. The minimum Gasteiger partial charge on any atom is -0.338 e. The van der Waals surface area contributed by atoms with Gasteiger partial charge in [0, 0.05) is 13.1 Å². The van der Waals surface area contributed by atoms with Crippen LogP contribution in [-0.2, 0) is 9.84 Å². The van der Waals surface area contributed by atoms with Gasteiger partial charge in [-0.25, -0.2) is 13.2 Å². The number of hydrogen-bond acceptors (Lipinski definition) is 3. The van der Waals surface area contributed by atoms with Gasteiger partial charge in [0.05, 0.1) is 11.5 Å². The van der Waals surface area contributed by atoms with E-state index in [2.05, 4.69) is 34.9 Å². The van der Waals surface area contributed by atoms with E-state index in [1.807, 2.05) is 6.07 Å². The Bertz CT molecular complexity index is 631. The first kappa shape index (κ1) is 16.3. The maximum Gasteiger partial charge on any atom is 0.314 e. The van der Waals surface area contributed by atoms with Crippen LogP contribution in [0.3, 0.4) is 0 Å². The van der Waals surface area contributed by atoms with Crippen LogP contribution in [0.2, 0.25) is 0 Å². The third-order valence-electron chi connectivity index (χ3n) is 4.90. The van der Waals surface area contributed by atoms with Crippen LogP contribution in [0.1, 0.15) is 30.7 Å². The van der Waals surface area contributed by atoms with Gasteiger partial charge in [-0.05, 0) is 42.6 Å². The van der Waals surface area contributed by atoms with Gasteiger partial charge < -0.3 is 10.6 Å². The fourth-order valence-corrected chi connectivity index (χ4v) is 4.84. The van der Waals surface area contributed by atoms with E-state index in [9.17, 15) is 13.2 Å². The van der Waals surface area contributed by atoms with Crippen molar-refractivity contribution in [3.63, 3.8) is 0 Å². The number of carbonyl (C=O) groups is 1. The lowest BCUT2D eigenvalue weighted by Crippen LogP contribution is -2.40. The minimum atomic E-state index is -2.83. The summed E-state index contributed by atoms with van der Waals surface area (Å²) in [4.78, 5) is 11.8. The molecular weight excluding hydrogens is 312 g/mol. The summed E-state index contributed by atoms with van der Waals surface area (Å²) in [5, 5.41) is 5.80. The molecule has 1 aliphatic heterocycles. The highest BCUT2D eigenvalue weighted by atomic mass is 32.2. The zero-order chi connectivity index (χ0) is 16.3. The van der Waals surface area contributed by atoms with Gasteiger partial charge in [-0.2, -0.15) is 0 Å². The lowest BCUT2D eigenvalue weighted by atomic mass is 10.0. The molecular formula is C17H24N2O3S. The molecule has 1 saturated heterocycles. The van der Waals surface area contributed by atoms with E-state index >= 15 is 0 Å². The zero-order valence-electron chi connectivity index (χ0n) is 13.2. The molecule has 0 radical (unpaired) electrons. The Labute approximate surface area is 137 Å². The largest absolute Gasteiger partial charge is 0.338 e. The Kier molecular flexibility index (Phi) is 4.90. The normalized spacial score (nSPS) is 26.4. The maximum absolute atomic E-state index is 11.8. The first-order chi connectivity index (χ1) is 11.0. The molecule has 0 spiro atoms. The Balaban J connectivity index is 1.32. The molecule has 5 nitrogen and oxygen atoms in total. The Hall–Kier alpha value is -1.56. The van der Waals surface area contributed by atoms with Crippen molar-refractivity contribution in [2.75, 3.05) is 24.6 Å². The van der Waals surface area contributed by atoms with E-state index in [4.69, 9.17) is 0 Å². The van der Waals surface area contributed by atoms with Gasteiger partial charge in [-0.15, -0.1) is 0 Å². The standard InChI is InChI=1S/C17H24N2O3S/c20-17(18-11-13-6-8-23(21,22)9-7-13)19-12-15-10-16(15)14-4-2-1-3-5-14/h1-5,13,15-16H,6-12H2,(H2,18,19,20)/t15-,16-/m0/s1. The molecule has 23 heavy (non-hydrogen) atoms. The van der Waals surface area contributed by atoms with Crippen molar-refractivity contribution in [1.29, 1.82) is 0 Å². The molecule has 0 unspecified atom stereocenters. The highest BCUT2D eigenvalue weighted by molar-refractivity contribution is 7.91. The monoisotopic (exact) mass is 336 g/mol. The van der Waals surface area contributed by atoms with Crippen molar-refractivity contribution in [2.24, 2.45) is 11.8 Å². The summed E-state index contributed by atoms with van der Waals surface area (Å²) in [5.41, 5.74) is 1.35. The van der Waals surface area contributed by atoms with Crippen LogP contribution in [0.4, 0.5) is 4.79 Å². The van der Waals surface area contributed by atoms with E-state index in [0.29, 0.717) is 37.8 Å². The van der Waals surface area contributed by atoms with Crippen LogP contribution in [-0.4, -0.2) is 39.0 Å². The second kappa shape index (κ2) is 6.91. The van der Waals surface area contributed by atoms with Crippen LogP contribution in [0.15, 0.2) is 30.3 Å². The second-order valence-electron chi connectivity index (χ2n) is 6.70. The second-order valence-corrected chi connectivity index (χ2v) is 9.00. The van der Waals surface area contributed by atoms with Crippen LogP contribution < -0.4 is 10.6 Å². The Morgan fingerprint density at radius 1 is 1.04 bits per heavy atom. The number of carbonyl (C=O) groups excluding carboxylic acids is 1. The van der Waals surface area contributed by atoms with Crippen molar-refractivity contribution in [3.05, 3.63) is 35.9 Å². The minimum absolute atomic E-state index is 0.142. The molecule has 2 aliphatic rings. The third kappa shape index (κ3) is 4.70. The van der Waals surface area contributed by atoms with Gasteiger partial charge in [-0.3, -0.25) is 0 Å². The summed E-state index contributed by atoms with van der Waals surface area (Å²) in [5.74, 6) is 1.88. The first-order valence-corrected chi connectivity index (χ1v) is 10.1. The molecule has 3 rings (SSSR count). The first-order valence-electron chi connectivity index (χ1n) is 8.30. The van der Waals surface area contributed by atoms with E-state index in [1.165, 1.54) is 5.56 Å². The van der Waals surface area contributed by atoms with E-state index in [-0.39, 0.29) is 23.5 Å². The van der Waals surface area contributed by atoms with Crippen LogP contribution in [0.25, 0.3) is 0 Å². The van der Waals surface area contributed by atoms with E-state index in [0.717, 1.165) is 6.42 Å². The molecule has 1 aliphatic carbocycles. The molecule has 0 bridgehead atoms. The number of amides is 2. The van der Waals surface area contributed by atoms with Gasteiger partial charge in [0.2, 0.25) is 0 Å². The zero-order valence-corrected chi connectivity index (χ0v) is 14.0. The van der Waals surface area contributed by atoms with Gasteiger partial charge in [0.15, 0.2) is 0 Å². The third-order valence-corrected chi connectivity index (χ3v) is 6.62. The number of sulfone groups is 1. The molecule has 2 N–H and O–H groups in total. The fourth-order valence-electron chi connectivity index (χ4n) is 3.25. The molecule has 126 valence electrons. The molecule has 1 heterocycles. The van der Waals surface area contributed by atoms with Crippen molar-refractivity contribution in [2.45, 2.75) is 25.2 Å². The van der Waals surface area contributed by atoms with Crippen molar-refractivity contribution in [1.82, 2.24) is 10.6 Å². The van der Waals surface area contributed by atoms with Crippen LogP contribution in [0.5, 0.6) is 0 Å². The van der Waals surface area contributed by atoms with Gasteiger partial charge in [-0.1, -0.05) is 30.3 Å². The van der Waals surface area contributed by atoms with E-state index in [1.54, 1.807) is 0 Å². The predicted molar refractivity (Wildman–Crippen MR) is 90.1 cm³/mol.